The fourth-order valence-electron chi connectivity index (χ4n) is 3.07. The van der Waals surface area contributed by atoms with Crippen LogP contribution in [0.25, 0.3) is 0 Å². The van der Waals surface area contributed by atoms with Gasteiger partial charge in [-0.15, -0.1) is 0 Å². The Hall–Kier alpha value is -2.83. The molecular formula is C18H23N5O2. The van der Waals surface area contributed by atoms with Gasteiger partial charge < -0.3 is 16.0 Å². The Balaban J connectivity index is 1.47. The first-order valence-corrected chi connectivity index (χ1v) is 8.44. The zero-order valence-corrected chi connectivity index (χ0v) is 14.3. The highest BCUT2D eigenvalue weighted by atomic mass is 16.2. The maximum absolute atomic E-state index is 12.5. The van der Waals surface area contributed by atoms with E-state index >= 15 is 0 Å². The van der Waals surface area contributed by atoms with Crippen LogP contribution < -0.4 is 11.1 Å². The van der Waals surface area contributed by atoms with E-state index in [4.69, 9.17) is 5.73 Å². The van der Waals surface area contributed by atoms with Gasteiger partial charge in [-0.05, 0) is 37.0 Å². The number of aryl methyl sites for hydroxylation is 1. The van der Waals surface area contributed by atoms with Crippen LogP contribution in [0.1, 0.15) is 33.6 Å². The van der Waals surface area contributed by atoms with Gasteiger partial charge in [0, 0.05) is 44.1 Å². The standard InChI is InChI=1S/C18H23N5O2/c1-22-12-15(11-21-22)17(24)20-10-13-5-7-23(8-6-13)18(25)14-3-2-4-16(19)9-14/h2-4,9,11-13H,5-8,10,19H2,1H3,(H,20,24). The Labute approximate surface area is 146 Å². The molecule has 1 saturated heterocycles. The predicted octanol–water partition coefficient (Wildman–Crippen LogP) is 1.28. The van der Waals surface area contributed by atoms with Crippen molar-refractivity contribution in [2.45, 2.75) is 12.8 Å². The van der Waals surface area contributed by atoms with Crippen LogP contribution in [0.3, 0.4) is 0 Å². The minimum Gasteiger partial charge on any atom is -0.399 e. The lowest BCUT2D eigenvalue weighted by molar-refractivity contribution is 0.0684. The molecule has 0 atom stereocenters. The molecule has 1 aliphatic heterocycles. The predicted molar refractivity (Wildman–Crippen MR) is 95.0 cm³/mol. The Morgan fingerprint density at radius 3 is 2.68 bits per heavy atom. The molecule has 3 N–H and O–H groups in total. The molecule has 0 saturated carbocycles. The van der Waals surface area contributed by atoms with Crippen LogP contribution in [0.4, 0.5) is 5.69 Å². The molecule has 2 amide bonds. The van der Waals surface area contributed by atoms with E-state index in [1.807, 2.05) is 4.90 Å². The average molecular weight is 341 g/mol. The second-order valence-corrected chi connectivity index (χ2v) is 6.47. The molecule has 25 heavy (non-hydrogen) atoms. The van der Waals surface area contributed by atoms with E-state index in [2.05, 4.69) is 10.4 Å². The number of likely N-dealkylation sites (tertiary alicyclic amines) is 1. The third-order valence-electron chi connectivity index (χ3n) is 4.55. The van der Waals surface area contributed by atoms with Gasteiger partial charge in [0.2, 0.25) is 0 Å². The summed E-state index contributed by atoms with van der Waals surface area (Å²) in [6.07, 6.45) is 5.01. The molecule has 1 fully saturated rings. The number of hydrogen-bond acceptors (Lipinski definition) is 4. The third-order valence-corrected chi connectivity index (χ3v) is 4.55. The minimum atomic E-state index is -0.105. The minimum absolute atomic E-state index is 0.0187. The molecule has 0 bridgehead atoms. The molecule has 0 spiro atoms. The van der Waals surface area contributed by atoms with Crippen molar-refractivity contribution in [1.29, 1.82) is 0 Å². The van der Waals surface area contributed by atoms with Crippen LogP contribution in [0, 0.1) is 5.92 Å². The normalized spacial score (nSPS) is 15.2. The van der Waals surface area contributed by atoms with Crippen molar-refractivity contribution in [3.05, 3.63) is 47.8 Å². The molecule has 2 heterocycles. The van der Waals surface area contributed by atoms with Gasteiger partial charge in [-0.25, -0.2) is 0 Å². The first-order chi connectivity index (χ1) is 12.0. The van der Waals surface area contributed by atoms with E-state index in [1.165, 1.54) is 0 Å². The van der Waals surface area contributed by atoms with Crippen molar-refractivity contribution in [3.63, 3.8) is 0 Å². The van der Waals surface area contributed by atoms with E-state index in [1.54, 1.807) is 48.4 Å². The number of nitrogen functional groups attached to an aromatic ring is 1. The molecular weight excluding hydrogens is 318 g/mol. The van der Waals surface area contributed by atoms with Gasteiger partial charge in [0.15, 0.2) is 0 Å². The molecule has 1 aromatic heterocycles. The van der Waals surface area contributed by atoms with Crippen LogP contribution in [0.15, 0.2) is 36.7 Å². The van der Waals surface area contributed by atoms with Gasteiger partial charge >= 0.3 is 0 Å². The lowest BCUT2D eigenvalue weighted by Crippen LogP contribution is -2.41. The fraction of sp³-hybridized carbons (Fsp3) is 0.389. The summed E-state index contributed by atoms with van der Waals surface area (Å²) in [7, 11) is 1.78. The lowest BCUT2D eigenvalue weighted by atomic mass is 9.96. The fourth-order valence-corrected chi connectivity index (χ4v) is 3.07. The maximum Gasteiger partial charge on any atom is 0.254 e. The van der Waals surface area contributed by atoms with Gasteiger partial charge in [0.25, 0.3) is 11.8 Å². The van der Waals surface area contributed by atoms with Gasteiger partial charge in [-0.3, -0.25) is 14.3 Å². The zero-order valence-electron chi connectivity index (χ0n) is 14.3. The summed E-state index contributed by atoms with van der Waals surface area (Å²) >= 11 is 0. The van der Waals surface area contributed by atoms with Crippen molar-refractivity contribution in [2.75, 3.05) is 25.4 Å². The van der Waals surface area contributed by atoms with Gasteiger partial charge in [-0.1, -0.05) is 6.07 Å². The zero-order chi connectivity index (χ0) is 17.8. The summed E-state index contributed by atoms with van der Waals surface area (Å²) < 4.78 is 1.61. The summed E-state index contributed by atoms with van der Waals surface area (Å²) in [5, 5.41) is 6.95. The van der Waals surface area contributed by atoms with Crippen molar-refractivity contribution >= 4 is 17.5 Å². The number of aromatic nitrogens is 2. The molecule has 7 heteroatoms. The summed E-state index contributed by atoms with van der Waals surface area (Å²) in [5.41, 5.74) is 7.54. The van der Waals surface area contributed by atoms with Crippen molar-refractivity contribution in [3.8, 4) is 0 Å². The monoisotopic (exact) mass is 341 g/mol. The molecule has 0 aliphatic carbocycles. The second kappa shape index (κ2) is 7.38. The number of anilines is 1. The Bertz CT molecular complexity index is 762. The molecule has 0 radical (unpaired) electrons. The number of nitrogens with one attached hydrogen (secondary N) is 1. The van der Waals surface area contributed by atoms with Crippen LogP contribution in [0.5, 0.6) is 0 Å². The van der Waals surface area contributed by atoms with Crippen LogP contribution in [-0.2, 0) is 7.05 Å². The topological polar surface area (TPSA) is 93.2 Å². The summed E-state index contributed by atoms with van der Waals surface area (Å²) in [5.74, 6) is 0.294. The van der Waals surface area contributed by atoms with Crippen molar-refractivity contribution < 1.29 is 9.59 Å². The van der Waals surface area contributed by atoms with E-state index < -0.39 is 0 Å². The average Bonchev–Trinajstić information content (AvgIpc) is 3.06. The van der Waals surface area contributed by atoms with E-state index in [0.29, 0.717) is 42.4 Å². The first-order valence-electron chi connectivity index (χ1n) is 8.44. The summed E-state index contributed by atoms with van der Waals surface area (Å²) in [6, 6.07) is 7.07. The van der Waals surface area contributed by atoms with Gasteiger partial charge in [-0.2, -0.15) is 5.10 Å². The molecule has 0 unspecified atom stereocenters. The van der Waals surface area contributed by atoms with Gasteiger partial charge in [0.05, 0.1) is 11.8 Å². The number of nitrogens with zero attached hydrogens (tertiary/aromatic N) is 3. The number of amides is 2. The number of nitrogens with two attached hydrogens (primary N) is 1. The van der Waals surface area contributed by atoms with Crippen LogP contribution in [0.2, 0.25) is 0 Å². The highest BCUT2D eigenvalue weighted by molar-refractivity contribution is 5.95. The van der Waals surface area contributed by atoms with Gasteiger partial charge in [0.1, 0.15) is 0 Å². The van der Waals surface area contributed by atoms with E-state index in [9.17, 15) is 9.59 Å². The molecule has 1 aromatic carbocycles. The van der Waals surface area contributed by atoms with E-state index in [-0.39, 0.29) is 11.8 Å². The molecule has 3 rings (SSSR count). The SMILES string of the molecule is Cn1cc(C(=O)NCC2CCN(C(=O)c3cccc(N)c3)CC2)cn1. The highest BCUT2D eigenvalue weighted by Gasteiger charge is 2.24. The number of benzene rings is 1. The Kier molecular flexibility index (Phi) is 5.02. The number of rotatable bonds is 4. The van der Waals surface area contributed by atoms with Crippen LogP contribution >= 0.6 is 0 Å². The summed E-state index contributed by atoms with van der Waals surface area (Å²) in [6.45, 7) is 2.01. The Morgan fingerprint density at radius 1 is 1.28 bits per heavy atom. The van der Waals surface area contributed by atoms with Crippen molar-refractivity contribution in [1.82, 2.24) is 20.0 Å². The summed E-state index contributed by atoms with van der Waals surface area (Å²) in [4.78, 5) is 26.4. The molecule has 132 valence electrons. The van der Waals surface area contributed by atoms with E-state index in [0.717, 1.165) is 12.8 Å². The number of carbonyl (C=O) groups excluding carboxylic acids is 2. The lowest BCUT2D eigenvalue weighted by Gasteiger charge is -2.32. The smallest absolute Gasteiger partial charge is 0.254 e. The molecule has 2 aromatic rings. The maximum atomic E-state index is 12.5. The molecule has 7 nitrogen and oxygen atoms in total. The molecule has 1 aliphatic rings. The first kappa shape index (κ1) is 17.0. The number of piperidine rings is 1. The third kappa shape index (κ3) is 4.17. The van der Waals surface area contributed by atoms with Crippen LogP contribution in [-0.4, -0.2) is 46.1 Å². The second-order valence-electron chi connectivity index (χ2n) is 6.47. The Morgan fingerprint density at radius 2 is 2.04 bits per heavy atom. The number of hydrogen-bond donors (Lipinski definition) is 2. The highest BCUT2D eigenvalue weighted by Crippen LogP contribution is 2.19. The number of carbonyl (C=O) groups is 2. The largest absolute Gasteiger partial charge is 0.399 e. The quantitative estimate of drug-likeness (QED) is 0.820. The van der Waals surface area contributed by atoms with Crippen molar-refractivity contribution in [2.24, 2.45) is 13.0 Å².